The first-order valence-corrected chi connectivity index (χ1v) is 8.14. The van der Waals surface area contributed by atoms with Gasteiger partial charge < -0.3 is 14.7 Å². The van der Waals surface area contributed by atoms with E-state index < -0.39 is 0 Å². The Morgan fingerprint density at radius 2 is 2.35 bits per heavy atom. The van der Waals surface area contributed by atoms with E-state index in [0.717, 1.165) is 24.1 Å². The van der Waals surface area contributed by atoms with Crippen LogP contribution in [0.25, 0.3) is 0 Å². The van der Waals surface area contributed by atoms with Crippen molar-refractivity contribution < 1.29 is 14.6 Å². The van der Waals surface area contributed by atoms with Gasteiger partial charge in [-0.25, -0.2) is 0 Å². The third-order valence-corrected chi connectivity index (χ3v) is 4.89. The third-order valence-electron chi connectivity index (χ3n) is 3.66. The summed E-state index contributed by atoms with van der Waals surface area (Å²) in [4.78, 5) is 16.5. The van der Waals surface area contributed by atoms with Crippen LogP contribution in [0.1, 0.15) is 40.4 Å². The van der Waals surface area contributed by atoms with E-state index in [-0.39, 0.29) is 18.6 Å². The number of rotatable bonds is 5. The maximum Gasteiger partial charge on any atom is 0.264 e. The van der Waals surface area contributed by atoms with Crippen molar-refractivity contribution in [3.63, 3.8) is 0 Å². The molecule has 1 aromatic rings. The van der Waals surface area contributed by atoms with Crippen LogP contribution >= 0.6 is 11.3 Å². The molecule has 1 atom stereocenters. The van der Waals surface area contributed by atoms with Gasteiger partial charge in [0.2, 0.25) is 0 Å². The number of thiophene rings is 1. The molecule has 20 heavy (non-hydrogen) atoms. The van der Waals surface area contributed by atoms with Gasteiger partial charge >= 0.3 is 0 Å². The molecule has 1 amide bonds. The number of hydrogen-bond acceptors (Lipinski definition) is 4. The van der Waals surface area contributed by atoms with Crippen LogP contribution in [0.3, 0.4) is 0 Å². The lowest BCUT2D eigenvalue weighted by atomic mass is 10.1. The van der Waals surface area contributed by atoms with Crippen molar-refractivity contribution in [2.45, 2.75) is 39.2 Å². The summed E-state index contributed by atoms with van der Waals surface area (Å²) in [6, 6.07) is 1.82. The normalized spacial score (nSPS) is 19.4. The Labute approximate surface area is 124 Å². The number of nitrogens with zero attached hydrogens (tertiary/aromatic N) is 1. The molecule has 0 aliphatic carbocycles. The lowest BCUT2D eigenvalue weighted by Crippen LogP contribution is -2.50. The summed E-state index contributed by atoms with van der Waals surface area (Å²) in [6.45, 7) is 5.78. The van der Waals surface area contributed by atoms with Gasteiger partial charge in [0, 0.05) is 11.4 Å². The fourth-order valence-electron chi connectivity index (χ4n) is 2.52. The summed E-state index contributed by atoms with van der Waals surface area (Å²) in [5.41, 5.74) is 1.29. The molecule has 2 heterocycles. The highest BCUT2D eigenvalue weighted by molar-refractivity contribution is 7.14. The van der Waals surface area contributed by atoms with Crippen molar-refractivity contribution in [3.05, 3.63) is 21.4 Å². The third kappa shape index (κ3) is 3.22. The van der Waals surface area contributed by atoms with Gasteiger partial charge in [-0.15, -0.1) is 11.3 Å². The fraction of sp³-hybridized carbons (Fsp3) is 0.667. The number of morpholine rings is 1. The number of aliphatic hydroxyl groups is 1. The van der Waals surface area contributed by atoms with Crippen LogP contribution in [0.2, 0.25) is 0 Å². The molecule has 4 nitrogen and oxygen atoms in total. The zero-order valence-corrected chi connectivity index (χ0v) is 13.0. The molecule has 0 spiro atoms. The SMILES string of the molecule is CCCc1sc(C(=O)N2CCOCC2CO)cc1CC. The minimum atomic E-state index is -0.210. The van der Waals surface area contributed by atoms with E-state index in [2.05, 4.69) is 13.8 Å². The molecule has 1 aliphatic rings. The summed E-state index contributed by atoms with van der Waals surface area (Å²) in [6.07, 6.45) is 3.09. The molecule has 1 unspecified atom stereocenters. The average molecular weight is 297 g/mol. The van der Waals surface area contributed by atoms with Crippen molar-refractivity contribution in [3.8, 4) is 0 Å². The van der Waals surface area contributed by atoms with Gasteiger partial charge in [-0.2, -0.15) is 0 Å². The molecule has 5 heteroatoms. The largest absolute Gasteiger partial charge is 0.394 e. The van der Waals surface area contributed by atoms with Crippen LogP contribution in [0.15, 0.2) is 6.07 Å². The molecular weight excluding hydrogens is 274 g/mol. The van der Waals surface area contributed by atoms with Crippen LogP contribution in [-0.2, 0) is 17.6 Å². The lowest BCUT2D eigenvalue weighted by molar-refractivity contribution is -0.0181. The quantitative estimate of drug-likeness (QED) is 0.905. The Hall–Kier alpha value is -0.910. The molecule has 0 radical (unpaired) electrons. The van der Waals surface area contributed by atoms with E-state index in [1.807, 2.05) is 6.07 Å². The average Bonchev–Trinajstić information content (AvgIpc) is 2.90. The summed E-state index contributed by atoms with van der Waals surface area (Å²) in [7, 11) is 0. The summed E-state index contributed by atoms with van der Waals surface area (Å²) in [5.74, 6) is 0.0365. The minimum Gasteiger partial charge on any atom is -0.394 e. The van der Waals surface area contributed by atoms with Gasteiger partial charge in [0.15, 0.2) is 0 Å². The first-order valence-electron chi connectivity index (χ1n) is 7.32. The monoisotopic (exact) mass is 297 g/mol. The molecule has 1 fully saturated rings. The van der Waals surface area contributed by atoms with E-state index in [9.17, 15) is 9.90 Å². The standard InChI is InChI=1S/C15H23NO3S/c1-3-5-13-11(4-2)8-14(20-13)15(18)16-6-7-19-10-12(16)9-17/h8,12,17H,3-7,9-10H2,1-2H3. The smallest absolute Gasteiger partial charge is 0.264 e. The summed E-state index contributed by atoms with van der Waals surface area (Å²) in [5, 5.41) is 9.38. The van der Waals surface area contributed by atoms with E-state index in [0.29, 0.717) is 19.8 Å². The second kappa shape index (κ2) is 7.20. The van der Waals surface area contributed by atoms with Gasteiger partial charge in [-0.05, 0) is 24.5 Å². The molecule has 0 bridgehead atoms. The Morgan fingerprint density at radius 1 is 1.55 bits per heavy atom. The molecule has 112 valence electrons. The molecule has 0 aromatic carbocycles. The number of amides is 1. The molecule has 1 saturated heterocycles. The predicted molar refractivity (Wildman–Crippen MR) is 80.4 cm³/mol. The second-order valence-electron chi connectivity index (χ2n) is 5.07. The number of aryl methyl sites for hydroxylation is 2. The number of carbonyl (C=O) groups excluding carboxylic acids is 1. The van der Waals surface area contributed by atoms with Crippen LogP contribution in [-0.4, -0.2) is 48.3 Å². The zero-order chi connectivity index (χ0) is 14.5. The number of hydrogen-bond donors (Lipinski definition) is 1. The van der Waals surface area contributed by atoms with Crippen molar-refractivity contribution in [2.75, 3.05) is 26.4 Å². The lowest BCUT2D eigenvalue weighted by Gasteiger charge is -2.34. The molecule has 1 aliphatic heterocycles. The van der Waals surface area contributed by atoms with Crippen molar-refractivity contribution in [2.24, 2.45) is 0 Å². The van der Waals surface area contributed by atoms with Crippen LogP contribution in [0.4, 0.5) is 0 Å². The Bertz CT molecular complexity index is 458. The van der Waals surface area contributed by atoms with Gasteiger partial charge in [-0.1, -0.05) is 20.3 Å². The maximum atomic E-state index is 12.6. The molecule has 2 rings (SSSR count). The molecular formula is C15H23NO3S. The highest BCUT2D eigenvalue weighted by Gasteiger charge is 2.28. The fourth-order valence-corrected chi connectivity index (χ4v) is 3.84. The second-order valence-corrected chi connectivity index (χ2v) is 6.21. The summed E-state index contributed by atoms with van der Waals surface area (Å²) < 4.78 is 5.33. The number of aliphatic hydroxyl groups excluding tert-OH is 1. The van der Waals surface area contributed by atoms with Gasteiger partial charge in [0.1, 0.15) is 0 Å². The topological polar surface area (TPSA) is 49.8 Å². The van der Waals surface area contributed by atoms with E-state index in [1.54, 1.807) is 16.2 Å². The molecule has 1 aromatic heterocycles. The van der Waals surface area contributed by atoms with E-state index in [1.165, 1.54) is 10.4 Å². The van der Waals surface area contributed by atoms with E-state index >= 15 is 0 Å². The van der Waals surface area contributed by atoms with Gasteiger partial charge in [0.25, 0.3) is 5.91 Å². The Balaban J connectivity index is 2.19. The Morgan fingerprint density at radius 3 is 3.00 bits per heavy atom. The highest BCUT2D eigenvalue weighted by atomic mass is 32.1. The van der Waals surface area contributed by atoms with Crippen LogP contribution < -0.4 is 0 Å². The number of carbonyl (C=O) groups is 1. The predicted octanol–water partition coefficient (Wildman–Crippen LogP) is 2.10. The van der Waals surface area contributed by atoms with Crippen molar-refractivity contribution in [1.29, 1.82) is 0 Å². The molecule has 0 saturated carbocycles. The van der Waals surface area contributed by atoms with Crippen LogP contribution in [0.5, 0.6) is 0 Å². The first kappa shape index (κ1) is 15.5. The summed E-state index contributed by atoms with van der Waals surface area (Å²) >= 11 is 1.61. The van der Waals surface area contributed by atoms with Gasteiger partial charge in [0.05, 0.1) is 30.7 Å². The van der Waals surface area contributed by atoms with E-state index in [4.69, 9.17) is 4.74 Å². The number of ether oxygens (including phenoxy) is 1. The minimum absolute atomic E-state index is 0.0365. The highest BCUT2D eigenvalue weighted by Crippen LogP contribution is 2.26. The van der Waals surface area contributed by atoms with Gasteiger partial charge in [-0.3, -0.25) is 4.79 Å². The van der Waals surface area contributed by atoms with Crippen molar-refractivity contribution >= 4 is 17.2 Å². The Kier molecular flexibility index (Phi) is 5.57. The molecule has 1 N–H and O–H groups in total. The maximum absolute atomic E-state index is 12.6. The zero-order valence-electron chi connectivity index (χ0n) is 12.2. The first-order chi connectivity index (χ1) is 9.71. The van der Waals surface area contributed by atoms with Crippen molar-refractivity contribution in [1.82, 2.24) is 4.90 Å². The van der Waals surface area contributed by atoms with Crippen LogP contribution in [0, 0.1) is 0 Å².